The van der Waals surface area contributed by atoms with Gasteiger partial charge in [-0.3, -0.25) is 0 Å². The van der Waals surface area contributed by atoms with Gasteiger partial charge in [0.05, 0.1) is 30.3 Å². The van der Waals surface area contributed by atoms with E-state index in [9.17, 15) is 5.26 Å². The van der Waals surface area contributed by atoms with E-state index in [1.165, 1.54) is 0 Å². The van der Waals surface area contributed by atoms with Crippen LogP contribution in [0.2, 0.25) is 0 Å². The van der Waals surface area contributed by atoms with Crippen LogP contribution in [0, 0.1) is 22.7 Å². The SMILES string of the molecule is COCCN(CCC#N)c1cccc(Br)c1C#N. The topological polar surface area (TPSA) is 60.0 Å². The van der Waals surface area contributed by atoms with Crippen molar-refractivity contribution in [2.24, 2.45) is 0 Å². The largest absolute Gasteiger partial charge is 0.383 e. The van der Waals surface area contributed by atoms with E-state index in [0.29, 0.717) is 31.7 Å². The quantitative estimate of drug-likeness (QED) is 0.810. The van der Waals surface area contributed by atoms with Crippen LogP contribution in [0.3, 0.4) is 0 Å². The molecule has 0 atom stereocenters. The summed E-state index contributed by atoms with van der Waals surface area (Å²) in [5.41, 5.74) is 1.42. The molecule has 0 bridgehead atoms. The number of ether oxygens (including phenoxy) is 1. The first kappa shape index (κ1) is 14.5. The number of hydrogen-bond acceptors (Lipinski definition) is 4. The minimum absolute atomic E-state index is 0.418. The molecule has 18 heavy (non-hydrogen) atoms. The maximum absolute atomic E-state index is 9.20. The molecule has 0 aliphatic heterocycles. The maximum Gasteiger partial charge on any atom is 0.103 e. The first-order valence-corrected chi connectivity index (χ1v) is 6.33. The van der Waals surface area contributed by atoms with Crippen LogP contribution in [0.1, 0.15) is 12.0 Å². The Morgan fingerprint density at radius 3 is 2.72 bits per heavy atom. The van der Waals surface area contributed by atoms with Crippen LogP contribution in [0.5, 0.6) is 0 Å². The van der Waals surface area contributed by atoms with E-state index in [4.69, 9.17) is 10.00 Å². The summed E-state index contributed by atoms with van der Waals surface area (Å²) in [5, 5.41) is 17.9. The van der Waals surface area contributed by atoms with E-state index in [2.05, 4.69) is 28.1 Å². The van der Waals surface area contributed by atoms with Gasteiger partial charge in [-0.15, -0.1) is 0 Å². The Bertz CT molecular complexity index is 476. The molecule has 0 spiro atoms. The van der Waals surface area contributed by atoms with Gasteiger partial charge < -0.3 is 9.64 Å². The number of anilines is 1. The second kappa shape index (κ2) is 7.71. The minimum atomic E-state index is 0.418. The molecule has 0 saturated heterocycles. The highest BCUT2D eigenvalue weighted by atomic mass is 79.9. The summed E-state index contributed by atoms with van der Waals surface area (Å²) in [6.45, 7) is 1.80. The molecule has 0 radical (unpaired) electrons. The third-order valence-corrected chi connectivity index (χ3v) is 3.16. The lowest BCUT2D eigenvalue weighted by Crippen LogP contribution is -2.28. The Kier molecular flexibility index (Phi) is 6.21. The molecule has 1 aromatic rings. The first-order chi connectivity index (χ1) is 8.74. The first-order valence-electron chi connectivity index (χ1n) is 5.54. The number of nitrogens with zero attached hydrogens (tertiary/aromatic N) is 3. The monoisotopic (exact) mass is 307 g/mol. The van der Waals surface area contributed by atoms with Gasteiger partial charge in [0.2, 0.25) is 0 Å². The smallest absolute Gasteiger partial charge is 0.103 e. The minimum Gasteiger partial charge on any atom is -0.383 e. The number of methoxy groups -OCH3 is 1. The number of rotatable bonds is 6. The van der Waals surface area contributed by atoms with Gasteiger partial charge in [-0.1, -0.05) is 6.07 Å². The van der Waals surface area contributed by atoms with Crippen molar-refractivity contribution in [1.29, 1.82) is 10.5 Å². The Balaban J connectivity index is 3.01. The lowest BCUT2D eigenvalue weighted by Gasteiger charge is -2.24. The molecule has 0 amide bonds. The van der Waals surface area contributed by atoms with Crippen LogP contribution in [0.15, 0.2) is 22.7 Å². The second-order valence-corrected chi connectivity index (χ2v) is 4.49. The molecule has 0 unspecified atom stereocenters. The summed E-state index contributed by atoms with van der Waals surface area (Å²) in [6.07, 6.45) is 0.418. The predicted molar refractivity (Wildman–Crippen MR) is 73.2 cm³/mol. The van der Waals surface area contributed by atoms with E-state index < -0.39 is 0 Å². The summed E-state index contributed by atoms with van der Waals surface area (Å²) < 4.78 is 5.82. The third kappa shape index (κ3) is 3.73. The van der Waals surface area contributed by atoms with E-state index >= 15 is 0 Å². The van der Waals surface area contributed by atoms with Gasteiger partial charge in [0, 0.05) is 24.7 Å². The molecule has 1 rings (SSSR count). The molecule has 0 N–H and O–H groups in total. The van der Waals surface area contributed by atoms with Gasteiger partial charge in [-0.2, -0.15) is 10.5 Å². The molecule has 0 aliphatic rings. The normalized spacial score (nSPS) is 9.56. The molecular formula is C13H14BrN3O. The van der Waals surface area contributed by atoms with Crippen molar-refractivity contribution >= 4 is 21.6 Å². The zero-order valence-corrected chi connectivity index (χ0v) is 11.8. The van der Waals surface area contributed by atoms with Gasteiger partial charge in [0.1, 0.15) is 6.07 Å². The number of benzene rings is 1. The Morgan fingerprint density at radius 1 is 1.33 bits per heavy atom. The maximum atomic E-state index is 9.20. The predicted octanol–water partition coefficient (Wildman–Crippen LogP) is 2.69. The van der Waals surface area contributed by atoms with Crippen LogP contribution < -0.4 is 4.90 Å². The highest BCUT2D eigenvalue weighted by Crippen LogP contribution is 2.27. The lowest BCUT2D eigenvalue weighted by molar-refractivity contribution is 0.205. The zero-order chi connectivity index (χ0) is 13.4. The summed E-state index contributed by atoms with van der Waals surface area (Å²) in [6, 6.07) is 9.91. The summed E-state index contributed by atoms with van der Waals surface area (Å²) in [5.74, 6) is 0. The van der Waals surface area contributed by atoms with Crippen LogP contribution >= 0.6 is 15.9 Å². The van der Waals surface area contributed by atoms with Crippen molar-refractivity contribution in [2.75, 3.05) is 31.7 Å². The number of hydrogen-bond donors (Lipinski definition) is 0. The van der Waals surface area contributed by atoms with Crippen LogP contribution in [0.4, 0.5) is 5.69 Å². The molecule has 0 aliphatic carbocycles. The fraction of sp³-hybridized carbons (Fsp3) is 0.385. The molecule has 0 saturated carbocycles. The molecule has 0 heterocycles. The van der Waals surface area contributed by atoms with Gasteiger partial charge in [0.25, 0.3) is 0 Å². The molecular weight excluding hydrogens is 294 g/mol. The average molecular weight is 308 g/mol. The van der Waals surface area contributed by atoms with Gasteiger partial charge in [-0.25, -0.2) is 0 Å². The molecule has 1 aromatic carbocycles. The molecule has 4 nitrogen and oxygen atoms in total. The number of nitriles is 2. The lowest BCUT2D eigenvalue weighted by atomic mass is 10.1. The van der Waals surface area contributed by atoms with E-state index in [-0.39, 0.29) is 0 Å². The van der Waals surface area contributed by atoms with Crippen molar-refractivity contribution in [1.82, 2.24) is 0 Å². The van der Waals surface area contributed by atoms with E-state index in [0.717, 1.165) is 10.2 Å². The standard InChI is InChI=1S/C13H14BrN3O/c1-18-9-8-17(7-3-6-15)13-5-2-4-12(14)11(13)10-16/h2,4-5H,3,7-9H2,1H3. The summed E-state index contributed by atoms with van der Waals surface area (Å²) in [4.78, 5) is 2.00. The Hall–Kier alpha value is -1.56. The number of halogens is 1. The van der Waals surface area contributed by atoms with E-state index in [1.807, 2.05) is 23.1 Å². The molecule has 0 fully saturated rings. The third-order valence-electron chi connectivity index (χ3n) is 2.50. The van der Waals surface area contributed by atoms with Gasteiger partial charge in [-0.05, 0) is 28.1 Å². The fourth-order valence-electron chi connectivity index (χ4n) is 1.63. The van der Waals surface area contributed by atoms with Gasteiger partial charge >= 0.3 is 0 Å². The van der Waals surface area contributed by atoms with Crippen LogP contribution in [-0.2, 0) is 4.74 Å². The van der Waals surface area contributed by atoms with Crippen molar-refractivity contribution in [3.63, 3.8) is 0 Å². The molecule has 0 aromatic heterocycles. The van der Waals surface area contributed by atoms with Crippen molar-refractivity contribution < 1.29 is 4.74 Å². The van der Waals surface area contributed by atoms with Gasteiger partial charge in [0.15, 0.2) is 0 Å². The summed E-state index contributed by atoms with van der Waals surface area (Å²) >= 11 is 3.37. The van der Waals surface area contributed by atoms with Crippen molar-refractivity contribution in [3.8, 4) is 12.1 Å². The fourth-order valence-corrected chi connectivity index (χ4v) is 2.07. The van der Waals surface area contributed by atoms with Crippen molar-refractivity contribution in [3.05, 3.63) is 28.2 Å². The zero-order valence-electron chi connectivity index (χ0n) is 10.2. The second-order valence-electron chi connectivity index (χ2n) is 3.63. The highest BCUT2D eigenvalue weighted by Gasteiger charge is 2.13. The summed E-state index contributed by atoms with van der Waals surface area (Å²) in [7, 11) is 1.63. The highest BCUT2D eigenvalue weighted by molar-refractivity contribution is 9.10. The molecule has 94 valence electrons. The van der Waals surface area contributed by atoms with Crippen LogP contribution in [-0.4, -0.2) is 26.8 Å². The van der Waals surface area contributed by atoms with Crippen molar-refractivity contribution in [2.45, 2.75) is 6.42 Å². The Labute approximate surface area is 116 Å². The Morgan fingerprint density at radius 2 is 2.11 bits per heavy atom. The van der Waals surface area contributed by atoms with Crippen LogP contribution in [0.25, 0.3) is 0 Å². The molecule has 5 heteroatoms. The van der Waals surface area contributed by atoms with E-state index in [1.54, 1.807) is 7.11 Å². The average Bonchev–Trinajstić information content (AvgIpc) is 2.39.